The third-order valence-corrected chi connectivity index (χ3v) is 4.48. The van der Waals surface area contributed by atoms with Crippen molar-refractivity contribution in [3.8, 4) is 0 Å². The van der Waals surface area contributed by atoms with Crippen molar-refractivity contribution in [2.75, 3.05) is 32.8 Å². The number of ether oxygens (including phenoxy) is 1. The summed E-state index contributed by atoms with van der Waals surface area (Å²) in [6.07, 6.45) is 8.09. The normalized spacial score (nSPS) is 28.6. The van der Waals surface area contributed by atoms with Crippen molar-refractivity contribution in [3.05, 3.63) is 18.2 Å². The molecule has 0 bridgehead atoms. The Labute approximate surface area is 121 Å². The van der Waals surface area contributed by atoms with E-state index in [0.717, 1.165) is 39.3 Å². The maximum Gasteiger partial charge on any atom is 0.0949 e. The van der Waals surface area contributed by atoms with Crippen LogP contribution in [0, 0.1) is 0 Å². The van der Waals surface area contributed by atoms with E-state index in [0.29, 0.717) is 12.1 Å². The molecule has 1 aromatic rings. The molecule has 0 spiro atoms. The molecule has 0 saturated carbocycles. The van der Waals surface area contributed by atoms with Crippen molar-refractivity contribution in [2.24, 2.45) is 0 Å². The monoisotopic (exact) mass is 278 g/mol. The van der Waals surface area contributed by atoms with Crippen LogP contribution in [0.15, 0.2) is 12.5 Å². The van der Waals surface area contributed by atoms with E-state index in [2.05, 4.69) is 26.7 Å². The molecule has 20 heavy (non-hydrogen) atoms. The van der Waals surface area contributed by atoms with Crippen molar-refractivity contribution < 1.29 is 4.74 Å². The van der Waals surface area contributed by atoms with Crippen molar-refractivity contribution in [2.45, 2.75) is 44.9 Å². The molecule has 1 aromatic heterocycles. The van der Waals surface area contributed by atoms with Crippen molar-refractivity contribution in [3.63, 3.8) is 0 Å². The van der Waals surface area contributed by atoms with Gasteiger partial charge in [0.15, 0.2) is 0 Å². The van der Waals surface area contributed by atoms with E-state index in [1.165, 1.54) is 25.0 Å². The lowest BCUT2D eigenvalue weighted by Gasteiger charge is -2.33. The average molecular weight is 278 g/mol. The number of hydrogen-bond donors (Lipinski definition) is 1. The van der Waals surface area contributed by atoms with E-state index in [9.17, 15) is 0 Å². The van der Waals surface area contributed by atoms with Crippen LogP contribution >= 0.6 is 0 Å². The largest absolute Gasteiger partial charge is 0.374 e. The van der Waals surface area contributed by atoms with Gasteiger partial charge in [0, 0.05) is 25.3 Å². The molecule has 3 rings (SSSR count). The molecule has 2 saturated heterocycles. The fourth-order valence-corrected chi connectivity index (χ4v) is 3.28. The highest BCUT2D eigenvalue weighted by atomic mass is 16.5. The first kappa shape index (κ1) is 14.0. The van der Waals surface area contributed by atoms with Gasteiger partial charge in [-0.05, 0) is 25.9 Å². The van der Waals surface area contributed by atoms with E-state index in [1.807, 2.05) is 12.5 Å². The number of aromatic nitrogens is 2. The molecule has 112 valence electrons. The highest BCUT2D eigenvalue weighted by Crippen LogP contribution is 2.23. The van der Waals surface area contributed by atoms with Gasteiger partial charge >= 0.3 is 0 Å². The van der Waals surface area contributed by atoms with Crippen LogP contribution in [-0.4, -0.2) is 53.3 Å². The summed E-state index contributed by atoms with van der Waals surface area (Å²) < 4.78 is 8.20. The first-order chi connectivity index (χ1) is 9.86. The van der Waals surface area contributed by atoms with Crippen LogP contribution in [0.4, 0.5) is 0 Å². The predicted molar refractivity (Wildman–Crippen MR) is 78.7 cm³/mol. The van der Waals surface area contributed by atoms with Crippen LogP contribution in [0.3, 0.4) is 0 Å². The second-order valence-electron chi connectivity index (χ2n) is 5.86. The Hall–Kier alpha value is -0.910. The Bertz CT molecular complexity index is 414. The number of morpholine rings is 1. The molecular weight excluding hydrogens is 252 g/mol. The fourth-order valence-electron chi connectivity index (χ4n) is 3.28. The van der Waals surface area contributed by atoms with Gasteiger partial charge in [-0.1, -0.05) is 13.3 Å². The number of nitrogens with zero attached hydrogens (tertiary/aromatic N) is 3. The zero-order valence-electron chi connectivity index (χ0n) is 12.4. The van der Waals surface area contributed by atoms with Gasteiger partial charge in [0.25, 0.3) is 0 Å². The molecular formula is C15H26N4O. The number of nitrogens with one attached hydrogen (secondary N) is 1. The molecule has 2 aliphatic heterocycles. The van der Waals surface area contributed by atoms with Crippen LogP contribution < -0.4 is 5.32 Å². The first-order valence-electron chi connectivity index (χ1n) is 7.94. The summed E-state index contributed by atoms with van der Waals surface area (Å²) in [5, 5.41) is 3.61. The zero-order chi connectivity index (χ0) is 13.8. The summed E-state index contributed by atoms with van der Waals surface area (Å²) in [5.74, 6) is 0. The van der Waals surface area contributed by atoms with E-state index < -0.39 is 0 Å². The molecule has 2 atom stereocenters. The second-order valence-corrected chi connectivity index (χ2v) is 5.86. The number of imidazole rings is 1. The van der Waals surface area contributed by atoms with Gasteiger partial charge in [0.05, 0.1) is 31.3 Å². The highest BCUT2D eigenvalue weighted by molar-refractivity contribution is 5.06. The van der Waals surface area contributed by atoms with Gasteiger partial charge in [-0.15, -0.1) is 0 Å². The Morgan fingerprint density at radius 1 is 1.45 bits per heavy atom. The van der Waals surface area contributed by atoms with Crippen molar-refractivity contribution in [1.29, 1.82) is 0 Å². The van der Waals surface area contributed by atoms with Crippen LogP contribution in [0.25, 0.3) is 0 Å². The average Bonchev–Trinajstić information content (AvgIpc) is 2.96. The van der Waals surface area contributed by atoms with Gasteiger partial charge in [-0.25, -0.2) is 4.98 Å². The van der Waals surface area contributed by atoms with Gasteiger partial charge < -0.3 is 14.6 Å². The van der Waals surface area contributed by atoms with Crippen molar-refractivity contribution >= 4 is 0 Å². The Kier molecular flexibility index (Phi) is 4.70. The van der Waals surface area contributed by atoms with Gasteiger partial charge in [0.1, 0.15) is 0 Å². The molecule has 0 aliphatic carbocycles. The summed E-state index contributed by atoms with van der Waals surface area (Å²) in [6.45, 7) is 8.32. The van der Waals surface area contributed by atoms with Gasteiger partial charge in [-0.3, -0.25) is 4.90 Å². The predicted octanol–water partition coefficient (Wildman–Crippen LogP) is 1.42. The molecule has 2 unspecified atom stereocenters. The third-order valence-electron chi connectivity index (χ3n) is 4.48. The molecule has 2 aliphatic rings. The zero-order valence-corrected chi connectivity index (χ0v) is 12.4. The first-order valence-corrected chi connectivity index (χ1v) is 7.94. The minimum Gasteiger partial charge on any atom is -0.374 e. The Balaban J connectivity index is 1.63. The minimum atomic E-state index is 0.292. The van der Waals surface area contributed by atoms with Crippen LogP contribution in [0.1, 0.15) is 37.9 Å². The van der Waals surface area contributed by atoms with E-state index in [-0.39, 0.29) is 0 Å². The van der Waals surface area contributed by atoms with Crippen LogP contribution in [0.5, 0.6) is 0 Å². The molecule has 1 N–H and O–H groups in total. The van der Waals surface area contributed by atoms with Crippen LogP contribution in [-0.2, 0) is 11.3 Å². The topological polar surface area (TPSA) is 42.3 Å². The lowest BCUT2D eigenvalue weighted by Crippen LogP contribution is -2.44. The summed E-state index contributed by atoms with van der Waals surface area (Å²) in [6, 6.07) is 0.470. The maximum atomic E-state index is 5.91. The SMILES string of the molecule is CCN1CCOC(Cn2cncc2C2CCCCN2)C1. The second kappa shape index (κ2) is 6.70. The summed E-state index contributed by atoms with van der Waals surface area (Å²) in [4.78, 5) is 6.82. The number of hydrogen-bond acceptors (Lipinski definition) is 4. The van der Waals surface area contributed by atoms with E-state index in [1.54, 1.807) is 0 Å². The van der Waals surface area contributed by atoms with E-state index >= 15 is 0 Å². The summed E-state index contributed by atoms with van der Waals surface area (Å²) in [5.41, 5.74) is 1.32. The lowest BCUT2D eigenvalue weighted by atomic mass is 10.0. The number of rotatable bonds is 4. The molecule has 2 fully saturated rings. The number of likely N-dealkylation sites (N-methyl/N-ethyl adjacent to an activating group) is 1. The summed E-state index contributed by atoms with van der Waals surface area (Å²) in [7, 11) is 0. The molecule has 0 amide bonds. The maximum absolute atomic E-state index is 5.91. The standard InChI is InChI=1S/C15H26N4O/c1-2-18-7-8-20-13(10-18)11-19-12-16-9-15(19)14-5-3-4-6-17-14/h9,12-14,17H,2-8,10-11H2,1H3. The molecule has 0 aromatic carbocycles. The van der Waals surface area contributed by atoms with Crippen LogP contribution in [0.2, 0.25) is 0 Å². The highest BCUT2D eigenvalue weighted by Gasteiger charge is 2.23. The Morgan fingerprint density at radius 3 is 3.20 bits per heavy atom. The Morgan fingerprint density at radius 2 is 2.40 bits per heavy atom. The van der Waals surface area contributed by atoms with E-state index in [4.69, 9.17) is 4.74 Å². The molecule has 5 heteroatoms. The molecule has 0 radical (unpaired) electrons. The summed E-state index contributed by atoms with van der Waals surface area (Å²) >= 11 is 0. The van der Waals surface area contributed by atoms with Crippen molar-refractivity contribution in [1.82, 2.24) is 19.8 Å². The number of piperidine rings is 1. The van der Waals surface area contributed by atoms with Gasteiger partial charge in [-0.2, -0.15) is 0 Å². The smallest absolute Gasteiger partial charge is 0.0949 e. The lowest BCUT2D eigenvalue weighted by molar-refractivity contribution is -0.0347. The molecule has 3 heterocycles. The molecule has 5 nitrogen and oxygen atoms in total. The van der Waals surface area contributed by atoms with Gasteiger partial charge in [0.2, 0.25) is 0 Å². The quantitative estimate of drug-likeness (QED) is 0.904. The fraction of sp³-hybridized carbons (Fsp3) is 0.800. The third kappa shape index (κ3) is 3.22. The minimum absolute atomic E-state index is 0.292.